The van der Waals surface area contributed by atoms with Crippen LogP contribution in [0.4, 0.5) is 17.1 Å². The van der Waals surface area contributed by atoms with Crippen molar-refractivity contribution in [1.82, 2.24) is 0 Å². The van der Waals surface area contributed by atoms with Gasteiger partial charge in [0.2, 0.25) is 0 Å². The number of benzene rings is 4. The predicted octanol–water partition coefficient (Wildman–Crippen LogP) is 6.49. The van der Waals surface area contributed by atoms with Gasteiger partial charge in [0.1, 0.15) is 30.5 Å². The molecule has 0 N–H and O–H groups in total. The first-order chi connectivity index (χ1) is 18.9. The maximum Gasteiger partial charge on any atom is 0.122 e. The van der Waals surface area contributed by atoms with Crippen LogP contribution in [0.5, 0.6) is 17.2 Å². The number of hydrogen-bond donors (Lipinski definition) is 0. The number of nitrogens with zero attached hydrogens (tertiary/aromatic N) is 3. The lowest BCUT2D eigenvalue weighted by atomic mass is 10.1. The quantitative estimate of drug-likeness (QED) is 0.186. The average Bonchev–Trinajstić information content (AvgIpc) is 2.96. The van der Waals surface area contributed by atoms with Gasteiger partial charge in [0, 0.05) is 64.4 Å². The molecular weight excluding hydrogens is 486 g/mol. The molecule has 0 aliphatic heterocycles. The van der Waals surface area contributed by atoms with Crippen molar-refractivity contribution in [3.8, 4) is 17.2 Å². The summed E-state index contributed by atoms with van der Waals surface area (Å²) < 4.78 is 17.3. The number of rotatable bonds is 13. The van der Waals surface area contributed by atoms with Crippen LogP contribution < -0.4 is 28.9 Å². The van der Waals surface area contributed by atoms with Crippen molar-refractivity contribution in [3.05, 3.63) is 108 Å². The van der Waals surface area contributed by atoms with E-state index in [9.17, 15) is 0 Å². The summed E-state index contributed by atoms with van der Waals surface area (Å²) in [5, 5.41) is 0. The van der Waals surface area contributed by atoms with Gasteiger partial charge < -0.3 is 28.9 Å². The molecule has 39 heavy (non-hydrogen) atoms. The van der Waals surface area contributed by atoms with Crippen molar-refractivity contribution in [3.63, 3.8) is 0 Å². The molecule has 0 saturated heterocycles. The van der Waals surface area contributed by atoms with Crippen molar-refractivity contribution in [2.75, 3.05) is 63.2 Å². The summed E-state index contributed by atoms with van der Waals surface area (Å²) in [6.45, 7) is 2.47. The maximum atomic E-state index is 5.97. The van der Waals surface area contributed by atoms with Crippen LogP contribution in [0.1, 0.15) is 11.1 Å². The van der Waals surface area contributed by atoms with Gasteiger partial charge >= 0.3 is 0 Å². The first-order valence-corrected chi connectivity index (χ1v) is 13.2. The lowest BCUT2D eigenvalue weighted by Gasteiger charge is -2.26. The van der Waals surface area contributed by atoms with Crippen molar-refractivity contribution >= 4 is 17.1 Å². The Morgan fingerprint density at radius 2 is 1.05 bits per heavy atom. The molecule has 0 amide bonds. The third kappa shape index (κ3) is 8.08. The number of hydrogen-bond acceptors (Lipinski definition) is 6. The second-order valence-corrected chi connectivity index (χ2v) is 9.85. The summed E-state index contributed by atoms with van der Waals surface area (Å²) in [6, 6.07) is 33.2. The summed E-state index contributed by atoms with van der Waals surface area (Å²) >= 11 is 0. The van der Waals surface area contributed by atoms with Crippen LogP contribution >= 0.6 is 0 Å². The third-order valence-electron chi connectivity index (χ3n) is 6.46. The monoisotopic (exact) mass is 525 g/mol. The van der Waals surface area contributed by atoms with Gasteiger partial charge in [-0.2, -0.15) is 0 Å². The predicted molar refractivity (Wildman–Crippen MR) is 162 cm³/mol. The zero-order valence-electron chi connectivity index (χ0n) is 23.6. The van der Waals surface area contributed by atoms with Crippen LogP contribution in [0.3, 0.4) is 0 Å². The zero-order chi connectivity index (χ0) is 27.6. The van der Waals surface area contributed by atoms with Gasteiger partial charge in [0.05, 0.1) is 7.11 Å². The Balaban J connectivity index is 1.42. The molecule has 0 fully saturated rings. The van der Waals surface area contributed by atoms with E-state index in [1.165, 1.54) is 16.8 Å². The number of anilines is 3. The standard InChI is InChI=1S/C33H39N3O3/c1-34(2)29-11-6-9-26(21-29)24-36(25-27-10-7-13-32(22-27)37-5)28-15-17-31(18-16-28)38-19-20-39-33-14-8-12-30(23-33)35(3)4/h6-18,21-23H,19-20,24-25H2,1-5H3. The van der Waals surface area contributed by atoms with E-state index in [0.29, 0.717) is 13.2 Å². The molecule has 4 aromatic rings. The minimum Gasteiger partial charge on any atom is -0.497 e. The molecule has 0 aliphatic carbocycles. The van der Waals surface area contributed by atoms with Gasteiger partial charge in [-0.05, 0) is 71.8 Å². The number of ether oxygens (including phenoxy) is 3. The van der Waals surface area contributed by atoms with E-state index in [1.807, 2.05) is 56.6 Å². The van der Waals surface area contributed by atoms with Gasteiger partial charge in [-0.1, -0.05) is 30.3 Å². The van der Waals surface area contributed by atoms with Crippen LogP contribution in [0, 0.1) is 0 Å². The largest absolute Gasteiger partial charge is 0.497 e. The van der Waals surface area contributed by atoms with Gasteiger partial charge in [-0.15, -0.1) is 0 Å². The lowest BCUT2D eigenvalue weighted by Crippen LogP contribution is -2.22. The van der Waals surface area contributed by atoms with Crippen molar-refractivity contribution in [2.24, 2.45) is 0 Å². The lowest BCUT2D eigenvalue weighted by molar-refractivity contribution is 0.217. The summed E-state index contributed by atoms with van der Waals surface area (Å²) in [5.74, 6) is 2.52. The fourth-order valence-electron chi connectivity index (χ4n) is 4.31. The Morgan fingerprint density at radius 1 is 0.513 bits per heavy atom. The van der Waals surface area contributed by atoms with E-state index in [0.717, 1.165) is 41.7 Å². The van der Waals surface area contributed by atoms with Crippen LogP contribution in [0.15, 0.2) is 97.1 Å². The minimum atomic E-state index is 0.469. The molecule has 0 spiro atoms. The molecular formula is C33H39N3O3. The number of methoxy groups -OCH3 is 1. The van der Waals surface area contributed by atoms with Crippen molar-refractivity contribution in [2.45, 2.75) is 13.1 Å². The first kappa shape index (κ1) is 27.7. The minimum absolute atomic E-state index is 0.469. The topological polar surface area (TPSA) is 37.4 Å². The Bertz CT molecular complexity index is 1320. The molecule has 204 valence electrons. The normalized spacial score (nSPS) is 10.6. The summed E-state index contributed by atoms with van der Waals surface area (Å²) in [4.78, 5) is 6.56. The summed E-state index contributed by atoms with van der Waals surface area (Å²) in [7, 11) is 9.87. The Kier molecular flexibility index (Phi) is 9.57. The summed E-state index contributed by atoms with van der Waals surface area (Å²) in [6.07, 6.45) is 0. The molecule has 6 nitrogen and oxygen atoms in total. The molecule has 0 bridgehead atoms. The average molecular weight is 526 g/mol. The van der Waals surface area contributed by atoms with Crippen molar-refractivity contribution < 1.29 is 14.2 Å². The van der Waals surface area contributed by atoms with E-state index in [4.69, 9.17) is 14.2 Å². The molecule has 6 heteroatoms. The van der Waals surface area contributed by atoms with E-state index < -0.39 is 0 Å². The third-order valence-corrected chi connectivity index (χ3v) is 6.46. The highest BCUT2D eigenvalue weighted by molar-refractivity contribution is 5.53. The maximum absolute atomic E-state index is 5.97. The van der Waals surface area contributed by atoms with E-state index in [2.05, 4.69) is 83.4 Å². The second-order valence-electron chi connectivity index (χ2n) is 9.85. The van der Waals surface area contributed by atoms with Crippen LogP contribution in [-0.2, 0) is 13.1 Å². The highest BCUT2D eigenvalue weighted by atomic mass is 16.5. The van der Waals surface area contributed by atoms with Gasteiger partial charge in [0.25, 0.3) is 0 Å². The molecule has 0 saturated carbocycles. The van der Waals surface area contributed by atoms with Crippen molar-refractivity contribution in [1.29, 1.82) is 0 Å². The van der Waals surface area contributed by atoms with Crippen LogP contribution in [0.2, 0.25) is 0 Å². The highest BCUT2D eigenvalue weighted by Crippen LogP contribution is 2.26. The smallest absolute Gasteiger partial charge is 0.122 e. The SMILES string of the molecule is COc1cccc(CN(Cc2cccc(N(C)C)c2)c2ccc(OCCOc3cccc(N(C)C)c3)cc2)c1. The molecule has 0 atom stereocenters. The fourth-order valence-corrected chi connectivity index (χ4v) is 4.31. The van der Waals surface area contributed by atoms with E-state index in [-0.39, 0.29) is 0 Å². The molecule has 0 heterocycles. The Labute approximate surface area is 233 Å². The Morgan fingerprint density at radius 3 is 1.69 bits per heavy atom. The van der Waals surface area contributed by atoms with E-state index in [1.54, 1.807) is 7.11 Å². The Hall–Kier alpha value is -4.32. The molecule has 0 aliphatic rings. The van der Waals surface area contributed by atoms with Crippen LogP contribution in [0.25, 0.3) is 0 Å². The highest BCUT2D eigenvalue weighted by Gasteiger charge is 2.11. The molecule has 0 unspecified atom stereocenters. The first-order valence-electron chi connectivity index (χ1n) is 13.2. The van der Waals surface area contributed by atoms with E-state index >= 15 is 0 Å². The molecule has 4 aromatic carbocycles. The molecule has 0 aromatic heterocycles. The molecule has 0 radical (unpaired) electrons. The second kappa shape index (κ2) is 13.5. The van der Waals surface area contributed by atoms with Gasteiger partial charge in [-0.25, -0.2) is 0 Å². The van der Waals surface area contributed by atoms with Gasteiger partial charge in [0.15, 0.2) is 0 Å². The van der Waals surface area contributed by atoms with Gasteiger partial charge in [-0.3, -0.25) is 0 Å². The van der Waals surface area contributed by atoms with Crippen LogP contribution in [-0.4, -0.2) is 48.5 Å². The summed E-state index contributed by atoms with van der Waals surface area (Å²) in [5.41, 5.74) is 5.86. The zero-order valence-corrected chi connectivity index (χ0v) is 23.6. The molecule has 4 rings (SSSR count). The fraction of sp³-hybridized carbons (Fsp3) is 0.273.